The van der Waals surface area contributed by atoms with Gasteiger partial charge in [-0.3, -0.25) is 0 Å². The molecule has 0 heterocycles. The maximum Gasteiger partial charge on any atom is 0.113 e. The molecular weight excluding hydrogens is 90.1 g/mol. The molecule has 0 aliphatic heterocycles. The van der Waals surface area contributed by atoms with E-state index in [1.807, 2.05) is 0 Å². The summed E-state index contributed by atoms with van der Waals surface area (Å²) in [4.78, 5) is 0. The van der Waals surface area contributed by atoms with Gasteiger partial charge in [0.1, 0.15) is 6.10 Å². The molecule has 1 atom stereocenters. The molecule has 40 valence electrons. The van der Waals surface area contributed by atoms with Gasteiger partial charge >= 0.3 is 0 Å². The van der Waals surface area contributed by atoms with Gasteiger partial charge in [-0.25, -0.2) is 0 Å². The van der Waals surface area contributed by atoms with Crippen molar-refractivity contribution >= 4 is 0 Å². The zero-order chi connectivity index (χ0) is 5.70. The Kier molecular flexibility index (Phi) is 3.17. The highest BCUT2D eigenvalue weighted by Crippen LogP contribution is 1.68. The van der Waals surface area contributed by atoms with E-state index >= 15 is 0 Å². The SMILES string of the molecule is CNC#CC(C)O. The number of aliphatic hydroxyl groups is 1. The minimum Gasteiger partial charge on any atom is -0.381 e. The van der Waals surface area contributed by atoms with Gasteiger partial charge in [0.15, 0.2) is 0 Å². The molecule has 0 saturated heterocycles. The maximum atomic E-state index is 8.47. The van der Waals surface area contributed by atoms with E-state index in [1.54, 1.807) is 14.0 Å². The van der Waals surface area contributed by atoms with Crippen LogP contribution in [-0.2, 0) is 0 Å². The van der Waals surface area contributed by atoms with Crippen molar-refractivity contribution in [1.29, 1.82) is 0 Å². The Hall–Kier alpha value is -0.680. The summed E-state index contributed by atoms with van der Waals surface area (Å²) in [6.45, 7) is 1.62. The predicted octanol–water partition coefficient (Wildman–Crippen LogP) is -0.453. The van der Waals surface area contributed by atoms with Crippen LogP contribution in [0.15, 0.2) is 0 Å². The summed E-state index contributed by atoms with van der Waals surface area (Å²) < 4.78 is 0. The number of rotatable bonds is 0. The van der Waals surface area contributed by atoms with Gasteiger partial charge in [-0.2, -0.15) is 0 Å². The van der Waals surface area contributed by atoms with Gasteiger partial charge in [0.2, 0.25) is 0 Å². The quantitative estimate of drug-likeness (QED) is 0.318. The molecule has 0 aliphatic carbocycles. The van der Waals surface area contributed by atoms with E-state index < -0.39 is 6.10 Å². The Morgan fingerprint density at radius 2 is 2.29 bits per heavy atom. The predicted molar refractivity (Wildman–Crippen MR) is 28.5 cm³/mol. The lowest BCUT2D eigenvalue weighted by Gasteiger charge is -1.84. The summed E-state index contributed by atoms with van der Waals surface area (Å²) in [6.07, 6.45) is -0.521. The van der Waals surface area contributed by atoms with Crippen LogP contribution in [0.25, 0.3) is 0 Å². The Labute approximate surface area is 43.5 Å². The van der Waals surface area contributed by atoms with Crippen LogP contribution in [-0.4, -0.2) is 18.3 Å². The Morgan fingerprint density at radius 3 is 2.43 bits per heavy atom. The van der Waals surface area contributed by atoms with Crippen LogP contribution >= 0.6 is 0 Å². The molecule has 0 fully saturated rings. The third kappa shape index (κ3) is 5.32. The van der Waals surface area contributed by atoms with Gasteiger partial charge in [0.05, 0.1) is 0 Å². The molecule has 2 nitrogen and oxygen atoms in total. The molecule has 0 aliphatic rings. The first-order chi connectivity index (χ1) is 3.27. The van der Waals surface area contributed by atoms with Crippen molar-refractivity contribution < 1.29 is 5.11 Å². The fraction of sp³-hybridized carbons (Fsp3) is 0.600. The van der Waals surface area contributed by atoms with E-state index in [-0.39, 0.29) is 0 Å². The molecule has 1 unspecified atom stereocenters. The highest BCUT2D eigenvalue weighted by molar-refractivity contribution is 4.99. The van der Waals surface area contributed by atoms with Crippen molar-refractivity contribution in [3.8, 4) is 12.0 Å². The lowest BCUT2D eigenvalue weighted by atomic mass is 10.4. The van der Waals surface area contributed by atoms with E-state index in [0.717, 1.165) is 0 Å². The number of hydrogen-bond acceptors (Lipinski definition) is 2. The lowest BCUT2D eigenvalue weighted by Crippen LogP contribution is -1.98. The molecule has 0 aromatic rings. The molecular formula is C5H9NO. The first-order valence-corrected chi connectivity index (χ1v) is 2.12. The first-order valence-electron chi connectivity index (χ1n) is 2.12. The van der Waals surface area contributed by atoms with E-state index in [1.165, 1.54) is 0 Å². The van der Waals surface area contributed by atoms with Crippen LogP contribution in [0.1, 0.15) is 6.92 Å². The molecule has 0 spiro atoms. The molecule has 0 bridgehead atoms. The van der Waals surface area contributed by atoms with E-state index in [2.05, 4.69) is 17.3 Å². The van der Waals surface area contributed by atoms with Gasteiger partial charge in [-0.05, 0) is 12.8 Å². The highest BCUT2D eigenvalue weighted by atomic mass is 16.3. The Bertz CT molecular complexity index is 88.0. The van der Waals surface area contributed by atoms with Gasteiger partial charge in [0.25, 0.3) is 0 Å². The zero-order valence-corrected chi connectivity index (χ0v) is 4.52. The summed E-state index contributed by atoms with van der Waals surface area (Å²) in [7, 11) is 1.70. The van der Waals surface area contributed by atoms with Crippen LogP contribution in [0.3, 0.4) is 0 Å². The smallest absolute Gasteiger partial charge is 0.113 e. The molecule has 0 rings (SSSR count). The average Bonchev–Trinajstić information content (AvgIpc) is 1.61. The van der Waals surface area contributed by atoms with Crippen LogP contribution < -0.4 is 5.32 Å². The second-order valence-electron chi connectivity index (χ2n) is 1.20. The summed E-state index contributed by atoms with van der Waals surface area (Å²) in [5.74, 6) is 2.49. The molecule has 2 heteroatoms. The fourth-order valence-corrected chi connectivity index (χ4v) is 0.177. The molecule has 2 N–H and O–H groups in total. The minimum atomic E-state index is -0.521. The van der Waals surface area contributed by atoms with Gasteiger partial charge in [0, 0.05) is 13.1 Å². The standard InChI is InChI=1S/C5H9NO/c1-5(7)3-4-6-2/h5-7H,1-2H3. The molecule has 0 aromatic heterocycles. The second kappa shape index (κ2) is 3.51. The number of nitrogens with one attached hydrogen (secondary N) is 1. The summed E-state index contributed by atoms with van der Waals surface area (Å²) in [5.41, 5.74) is 0. The highest BCUT2D eigenvalue weighted by Gasteiger charge is 1.78. The Balaban J connectivity index is 3.24. The van der Waals surface area contributed by atoms with Crippen LogP contribution in [0.5, 0.6) is 0 Å². The molecule has 0 radical (unpaired) electrons. The average molecular weight is 99.1 g/mol. The summed E-state index contributed by atoms with van der Waals surface area (Å²) in [5, 5.41) is 11.0. The van der Waals surface area contributed by atoms with Crippen molar-refractivity contribution in [2.45, 2.75) is 13.0 Å². The van der Waals surface area contributed by atoms with Crippen molar-refractivity contribution in [3.63, 3.8) is 0 Å². The van der Waals surface area contributed by atoms with Crippen LogP contribution in [0, 0.1) is 12.0 Å². The van der Waals surface area contributed by atoms with Crippen LogP contribution in [0.4, 0.5) is 0 Å². The first kappa shape index (κ1) is 6.32. The van der Waals surface area contributed by atoms with Gasteiger partial charge in [-0.1, -0.05) is 0 Å². The topological polar surface area (TPSA) is 32.3 Å². The molecule has 7 heavy (non-hydrogen) atoms. The van der Waals surface area contributed by atoms with Crippen molar-refractivity contribution in [3.05, 3.63) is 0 Å². The minimum absolute atomic E-state index is 0.521. The lowest BCUT2D eigenvalue weighted by molar-refractivity contribution is 0.253. The van der Waals surface area contributed by atoms with Gasteiger partial charge in [-0.15, -0.1) is 0 Å². The zero-order valence-electron chi connectivity index (χ0n) is 4.52. The largest absolute Gasteiger partial charge is 0.381 e. The maximum absolute atomic E-state index is 8.47. The number of aliphatic hydroxyl groups excluding tert-OH is 1. The van der Waals surface area contributed by atoms with Crippen molar-refractivity contribution in [1.82, 2.24) is 5.32 Å². The third-order valence-electron chi connectivity index (χ3n) is 0.406. The normalized spacial score (nSPS) is 11.3. The van der Waals surface area contributed by atoms with Crippen molar-refractivity contribution in [2.24, 2.45) is 0 Å². The van der Waals surface area contributed by atoms with Gasteiger partial charge < -0.3 is 10.4 Å². The summed E-state index contributed by atoms with van der Waals surface area (Å²) in [6, 6.07) is 2.50. The monoisotopic (exact) mass is 99.1 g/mol. The van der Waals surface area contributed by atoms with E-state index in [0.29, 0.717) is 0 Å². The molecule has 0 amide bonds. The third-order valence-corrected chi connectivity index (χ3v) is 0.406. The number of hydrogen-bond donors (Lipinski definition) is 2. The second-order valence-corrected chi connectivity index (χ2v) is 1.20. The molecule has 0 aromatic carbocycles. The van der Waals surface area contributed by atoms with E-state index in [9.17, 15) is 0 Å². The fourth-order valence-electron chi connectivity index (χ4n) is 0.177. The van der Waals surface area contributed by atoms with Crippen LogP contribution in [0.2, 0.25) is 0 Å². The van der Waals surface area contributed by atoms with Crippen molar-refractivity contribution in [2.75, 3.05) is 7.05 Å². The summed E-state index contributed by atoms with van der Waals surface area (Å²) >= 11 is 0. The molecule has 0 saturated carbocycles. The Morgan fingerprint density at radius 1 is 1.71 bits per heavy atom. The van der Waals surface area contributed by atoms with E-state index in [4.69, 9.17) is 5.11 Å².